The van der Waals surface area contributed by atoms with Crippen molar-refractivity contribution in [2.75, 3.05) is 19.6 Å². The summed E-state index contributed by atoms with van der Waals surface area (Å²) >= 11 is 0. The van der Waals surface area contributed by atoms with Crippen LogP contribution in [0.5, 0.6) is 0 Å². The number of unbranched alkanes of at least 4 members (excludes halogenated alkanes) is 1. The van der Waals surface area contributed by atoms with Crippen LogP contribution in [0.15, 0.2) is 30.3 Å². The van der Waals surface area contributed by atoms with E-state index in [1.807, 2.05) is 13.0 Å². The number of aliphatic carboxylic acids is 1. The van der Waals surface area contributed by atoms with E-state index < -0.39 is 5.97 Å². The van der Waals surface area contributed by atoms with Gasteiger partial charge in [-0.3, -0.25) is 4.79 Å². The highest BCUT2D eigenvalue weighted by Crippen LogP contribution is 2.24. The van der Waals surface area contributed by atoms with Crippen molar-refractivity contribution >= 4 is 5.97 Å². The fourth-order valence-corrected chi connectivity index (χ4v) is 2.62. The van der Waals surface area contributed by atoms with Crippen molar-refractivity contribution < 1.29 is 9.90 Å². The summed E-state index contributed by atoms with van der Waals surface area (Å²) in [7, 11) is 0. The Morgan fingerprint density at radius 1 is 1.32 bits per heavy atom. The normalized spacial score (nSPS) is 17.9. The largest absolute Gasteiger partial charge is 0.481 e. The molecule has 1 N–H and O–H groups in total. The monoisotopic (exact) mass is 261 g/mol. The molecule has 3 nitrogen and oxygen atoms in total. The Kier molecular flexibility index (Phi) is 4.97. The number of likely N-dealkylation sites (tertiary alicyclic amines) is 1. The van der Waals surface area contributed by atoms with Gasteiger partial charge in [0.15, 0.2) is 0 Å². The third-order valence-corrected chi connectivity index (χ3v) is 4.11. The van der Waals surface area contributed by atoms with Crippen LogP contribution in [0.3, 0.4) is 0 Å². The molecule has 1 aromatic carbocycles. The van der Waals surface area contributed by atoms with Crippen LogP contribution < -0.4 is 0 Å². The van der Waals surface area contributed by atoms with E-state index in [1.165, 1.54) is 18.4 Å². The number of hydrogen-bond donors (Lipinski definition) is 1. The molecule has 1 saturated heterocycles. The molecular weight excluding hydrogens is 238 g/mol. The number of aryl methyl sites for hydroxylation is 1. The first-order valence-corrected chi connectivity index (χ1v) is 7.16. The molecule has 3 heteroatoms. The molecule has 0 amide bonds. The number of nitrogens with zero attached hydrogens (tertiary/aromatic N) is 1. The van der Waals surface area contributed by atoms with Crippen LogP contribution in [0.4, 0.5) is 0 Å². The van der Waals surface area contributed by atoms with Crippen molar-refractivity contribution in [1.82, 2.24) is 4.90 Å². The van der Waals surface area contributed by atoms with Crippen LogP contribution in [-0.2, 0) is 11.2 Å². The van der Waals surface area contributed by atoms with Gasteiger partial charge in [0.2, 0.25) is 0 Å². The molecule has 1 aromatic rings. The van der Waals surface area contributed by atoms with Gasteiger partial charge in [0.25, 0.3) is 0 Å². The highest BCUT2D eigenvalue weighted by Gasteiger charge is 2.33. The van der Waals surface area contributed by atoms with Crippen molar-refractivity contribution in [2.45, 2.75) is 26.2 Å². The molecule has 1 fully saturated rings. The van der Waals surface area contributed by atoms with Gasteiger partial charge in [0.05, 0.1) is 5.92 Å². The summed E-state index contributed by atoms with van der Waals surface area (Å²) < 4.78 is 0. The van der Waals surface area contributed by atoms with Crippen LogP contribution >= 0.6 is 0 Å². The average Bonchev–Trinajstić information content (AvgIpc) is 2.37. The smallest absolute Gasteiger partial charge is 0.306 e. The van der Waals surface area contributed by atoms with Gasteiger partial charge < -0.3 is 10.0 Å². The maximum Gasteiger partial charge on any atom is 0.306 e. The second-order valence-electron chi connectivity index (χ2n) is 5.59. The molecule has 1 atom stereocenters. The second-order valence-corrected chi connectivity index (χ2v) is 5.59. The van der Waals surface area contributed by atoms with Crippen LogP contribution in [0, 0.1) is 11.8 Å². The molecule has 1 unspecified atom stereocenters. The maximum absolute atomic E-state index is 10.8. The first kappa shape index (κ1) is 14.1. The molecule has 2 rings (SSSR count). The molecule has 0 saturated carbocycles. The number of carbonyl (C=O) groups is 1. The van der Waals surface area contributed by atoms with Crippen molar-refractivity contribution in [3.8, 4) is 0 Å². The Hall–Kier alpha value is -1.35. The molecule has 1 aliphatic rings. The number of carboxylic acid groups (broad SMARTS) is 1. The van der Waals surface area contributed by atoms with Crippen LogP contribution in [0.2, 0.25) is 0 Å². The van der Waals surface area contributed by atoms with Gasteiger partial charge in [0, 0.05) is 13.1 Å². The zero-order valence-electron chi connectivity index (χ0n) is 11.6. The van der Waals surface area contributed by atoms with Gasteiger partial charge in [-0.25, -0.2) is 0 Å². The predicted octanol–water partition coefficient (Wildman–Crippen LogP) is 2.66. The zero-order chi connectivity index (χ0) is 13.7. The van der Waals surface area contributed by atoms with Crippen molar-refractivity contribution in [2.24, 2.45) is 11.8 Å². The average molecular weight is 261 g/mol. The van der Waals surface area contributed by atoms with Gasteiger partial charge in [-0.2, -0.15) is 0 Å². The first-order valence-electron chi connectivity index (χ1n) is 7.16. The fourth-order valence-electron chi connectivity index (χ4n) is 2.62. The maximum atomic E-state index is 10.8. The van der Waals surface area contributed by atoms with Crippen molar-refractivity contribution in [1.29, 1.82) is 0 Å². The van der Waals surface area contributed by atoms with E-state index >= 15 is 0 Å². The van der Waals surface area contributed by atoms with E-state index in [-0.39, 0.29) is 5.92 Å². The second kappa shape index (κ2) is 6.71. The fraction of sp³-hybridized carbons (Fsp3) is 0.562. The minimum absolute atomic E-state index is 0.194. The van der Waals surface area contributed by atoms with Gasteiger partial charge >= 0.3 is 5.97 Å². The lowest BCUT2D eigenvalue weighted by molar-refractivity contribution is -0.145. The standard InChI is InChI=1S/C16H23NO2/c1-13(16(18)19)15-11-17(12-15)10-6-5-9-14-7-3-2-4-8-14/h2-4,7-8,13,15H,5-6,9-12H2,1H3,(H,18,19). The first-order chi connectivity index (χ1) is 9.16. The number of hydrogen-bond acceptors (Lipinski definition) is 2. The zero-order valence-corrected chi connectivity index (χ0v) is 11.6. The van der Waals surface area contributed by atoms with Crippen LogP contribution in [0.1, 0.15) is 25.3 Å². The topological polar surface area (TPSA) is 40.5 Å². The van der Waals surface area contributed by atoms with Crippen molar-refractivity contribution in [3.63, 3.8) is 0 Å². The van der Waals surface area contributed by atoms with Crippen molar-refractivity contribution in [3.05, 3.63) is 35.9 Å². The number of benzene rings is 1. The van der Waals surface area contributed by atoms with E-state index in [9.17, 15) is 4.79 Å². The molecule has 19 heavy (non-hydrogen) atoms. The van der Waals surface area contributed by atoms with Gasteiger partial charge in [0.1, 0.15) is 0 Å². The minimum atomic E-state index is -0.659. The third kappa shape index (κ3) is 4.06. The molecule has 0 bridgehead atoms. The van der Waals surface area contributed by atoms with Gasteiger partial charge in [-0.15, -0.1) is 0 Å². The Balaban J connectivity index is 1.55. The molecule has 104 valence electrons. The lowest BCUT2D eigenvalue weighted by atomic mass is 9.87. The molecule has 0 aromatic heterocycles. The molecular formula is C16H23NO2. The third-order valence-electron chi connectivity index (χ3n) is 4.11. The molecule has 1 aliphatic heterocycles. The van der Waals surface area contributed by atoms with E-state index in [1.54, 1.807) is 0 Å². The summed E-state index contributed by atoms with van der Waals surface area (Å²) in [6.07, 6.45) is 3.55. The van der Waals surface area contributed by atoms with Crippen LogP contribution in [0.25, 0.3) is 0 Å². The van der Waals surface area contributed by atoms with E-state index in [4.69, 9.17) is 5.11 Å². The summed E-state index contributed by atoms with van der Waals surface area (Å²) in [5, 5.41) is 8.93. The lowest BCUT2D eigenvalue weighted by Gasteiger charge is -2.41. The summed E-state index contributed by atoms with van der Waals surface area (Å²) in [6, 6.07) is 10.6. The van der Waals surface area contributed by atoms with E-state index in [0.717, 1.165) is 26.1 Å². The summed E-state index contributed by atoms with van der Waals surface area (Å²) in [5.41, 5.74) is 1.41. The number of rotatable bonds is 7. The Bertz CT molecular complexity index is 398. The molecule has 1 heterocycles. The Morgan fingerprint density at radius 2 is 2.00 bits per heavy atom. The molecule has 0 spiro atoms. The quantitative estimate of drug-likeness (QED) is 0.767. The number of carboxylic acids is 1. The minimum Gasteiger partial charge on any atom is -0.481 e. The summed E-state index contributed by atoms with van der Waals surface area (Å²) in [6.45, 7) is 4.84. The van der Waals surface area contributed by atoms with E-state index in [2.05, 4.69) is 29.2 Å². The summed E-state index contributed by atoms with van der Waals surface area (Å²) in [4.78, 5) is 13.2. The van der Waals surface area contributed by atoms with Gasteiger partial charge in [-0.05, 0) is 37.3 Å². The van der Waals surface area contributed by atoms with Gasteiger partial charge in [-0.1, -0.05) is 37.3 Å². The Morgan fingerprint density at radius 3 is 2.63 bits per heavy atom. The molecule has 0 radical (unpaired) electrons. The van der Waals surface area contributed by atoms with Crippen LogP contribution in [-0.4, -0.2) is 35.6 Å². The highest BCUT2D eigenvalue weighted by molar-refractivity contribution is 5.70. The lowest BCUT2D eigenvalue weighted by Crippen LogP contribution is -2.51. The predicted molar refractivity (Wildman–Crippen MR) is 76.1 cm³/mol. The Labute approximate surface area is 115 Å². The SMILES string of the molecule is CC(C(=O)O)C1CN(CCCCc2ccccc2)C1. The summed E-state index contributed by atoms with van der Waals surface area (Å²) in [5.74, 6) is -0.499. The molecule has 0 aliphatic carbocycles. The highest BCUT2D eigenvalue weighted by atomic mass is 16.4. The van der Waals surface area contributed by atoms with E-state index in [0.29, 0.717) is 5.92 Å².